The minimum Gasteiger partial charge on any atom is -0.367 e. The predicted molar refractivity (Wildman–Crippen MR) is 147 cm³/mol. The van der Waals surface area contributed by atoms with Gasteiger partial charge in [0, 0.05) is 72.9 Å². The molecule has 5 rings (SSSR count). The van der Waals surface area contributed by atoms with Gasteiger partial charge in [0.25, 0.3) is 5.56 Å². The molecular weight excluding hydrogens is 531 g/mol. The number of anilines is 1. The van der Waals surface area contributed by atoms with Gasteiger partial charge in [0.15, 0.2) is 0 Å². The number of hydrogen-bond acceptors (Lipinski definition) is 5. The number of piperazine rings is 1. The molecule has 0 radical (unpaired) electrons. The summed E-state index contributed by atoms with van der Waals surface area (Å²) in [5.41, 5.74) is -0.202. The fourth-order valence-corrected chi connectivity index (χ4v) is 5.15. The van der Waals surface area contributed by atoms with Crippen LogP contribution in [0.4, 0.5) is 18.9 Å². The Morgan fingerprint density at radius 2 is 1.77 bits per heavy atom. The molecule has 0 N–H and O–H groups in total. The number of carbonyl (C=O) groups excluding carboxylic acids is 1. The number of benzene rings is 2. The normalized spacial score (nSPS) is 14.5. The van der Waals surface area contributed by atoms with Crippen molar-refractivity contribution in [2.24, 2.45) is 0 Å². The van der Waals surface area contributed by atoms with Crippen molar-refractivity contribution in [2.45, 2.75) is 12.6 Å². The summed E-state index contributed by atoms with van der Waals surface area (Å²) in [6, 6.07) is 11.9. The molecule has 0 spiro atoms. The molecule has 2 aromatic carbocycles. The molecule has 1 aliphatic heterocycles. The number of pyridine rings is 2. The molecule has 39 heavy (non-hydrogen) atoms. The first-order chi connectivity index (χ1) is 18.5. The molecule has 3 heterocycles. The number of amides is 1. The van der Waals surface area contributed by atoms with E-state index in [4.69, 9.17) is 11.6 Å². The lowest BCUT2D eigenvalue weighted by Gasteiger charge is -2.37. The van der Waals surface area contributed by atoms with Crippen LogP contribution in [-0.2, 0) is 11.0 Å². The SMILES string of the molecule is CN(C)CCC(=O)N1CCN(c2ccc(-n3c(=O)ccc4cnc5ccc(Cl)cc5c43)cc2C(F)(F)F)CC1. The van der Waals surface area contributed by atoms with Crippen LogP contribution in [0, 0.1) is 0 Å². The van der Waals surface area contributed by atoms with E-state index in [1.54, 1.807) is 40.3 Å². The maximum atomic E-state index is 14.4. The van der Waals surface area contributed by atoms with Crippen LogP contribution in [0.2, 0.25) is 5.02 Å². The summed E-state index contributed by atoms with van der Waals surface area (Å²) in [4.78, 5) is 35.2. The lowest BCUT2D eigenvalue weighted by molar-refractivity contribution is -0.137. The molecule has 2 aromatic heterocycles. The molecule has 7 nitrogen and oxygen atoms in total. The van der Waals surface area contributed by atoms with E-state index < -0.39 is 17.3 Å². The average Bonchev–Trinajstić information content (AvgIpc) is 2.91. The van der Waals surface area contributed by atoms with E-state index in [9.17, 15) is 22.8 Å². The fourth-order valence-electron chi connectivity index (χ4n) is 4.98. The van der Waals surface area contributed by atoms with Gasteiger partial charge in [0.2, 0.25) is 5.91 Å². The maximum absolute atomic E-state index is 14.4. The van der Waals surface area contributed by atoms with Crippen molar-refractivity contribution in [3.05, 3.63) is 75.7 Å². The van der Waals surface area contributed by atoms with Gasteiger partial charge in [0.1, 0.15) is 0 Å². The molecule has 0 saturated carbocycles. The van der Waals surface area contributed by atoms with Crippen LogP contribution in [-0.4, -0.2) is 72.1 Å². The third-order valence-electron chi connectivity index (χ3n) is 6.97. The van der Waals surface area contributed by atoms with Crippen molar-refractivity contribution in [2.75, 3.05) is 51.7 Å². The average molecular weight is 558 g/mol. The number of alkyl halides is 3. The Morgan fingerprint density at radius 1 is 1.03 bits per heavy atom. The summed E-state index contributed by atoms with van der Waals surface area (Å²) in [5, 5.41) is 1.58. The van der Waals surface area contributed by atoms with Crippen LogP contribution < -0.4 is 10.5 Å². The highest BCUT2D eigenvalue weighted by atomic mass is 35.5. The molecule has 204 valence electrons. The van der Waals surface area contributed by atoms with Gasteiger partial charge in [-0.3, -0.25) is 19.1 Å². The number of rotatable bonds is 5. The Morgan fingerprint density at radius 3 is 2.46 bits per heavy atom. The number of hydrogen-bond donors (Lipinski definition) is 0. The highest BCUT2D eigenvalue weighted by Crippen LogP contribution is 2.39. The quantitative estimate of drug-likeness (QED) is 0.330. The summed E-state index contributed by atoms with van der Waals surface area (Å²) < 4.78 is 44.4. The standard InChI is InChI=1S/C28H27ClF3N5O2/c1-34(2)10-9-25(38)36-13-11-35(12-14-36)24-7-5-20(16-22(24)28(30,31)32)37-26(39)8-3-18-17-33-23-6-4-19(29)15-21(23)27(18)37/h3-8,15-17H,9-14H2,1-2H3. The van der Waals surface area contributed by atoms with Crippen LogP contribution in [0.3, 0.4) is 0 Å². The van der Waals surface area contributed by atoms with Crippen LogP contribution in [0.1, 0.15) is 12.0 Å². The zero-order valence-corrected chi connectivity index (χ0v) is 22.3. The van der Waals surface area contributed by atoms with Gasteiger partial charge in [-0.15, -0.1) is 0 Å². The summed E-state index contributed by atoms with van der Waals surface area (Å²) >= 11 is 6.21. The summed E-state index contributed by atoms with van der Waals surface area (Å²) in [6.45, 7) is 1.85. The van der Waals surface area contributed by atoms with Crippen LogP contribution in [0.25, 0.3) is 27.5 Å². The Hall–Kier alpha value is -3.63. The number of carbonyl (C=O) groups is 1. The molecule has 1 saturated heterocycles. The highest BCUT2D eigenvalue weighted by Gasteiger charge is 2.36. The van der Waals surface area contributed by atoms with E-state index in [2.05, 4.69) is 4.98 Å². The van der Waals surface area contributed by atoms with Crippen LogP contribution >= 0.6 is 11.6 Å². The number of aromatic nitrogens is 2. The monoisotopic (exact) mass is 557 g/mol. The van der Waals surface area contributed by atoms with Crippen molar-refractivity contribution in [3.8, 4) is 5.69 Å². The van der Waals surface area contributed by atoms with Crippen molar-refractivity contribution < 1.29 is 18.0 Å². The molecule has 11 heteroatoms. The predicted octanol–water partition coefficient (Wildman–Crippen LogP) is 4.81. The zero-order chi connectivity index (χ0) is 27.9. The Bertz CT molecular complexity index is 1610. The van der Waals surface area contributed by atoms with Gasteiger partial charge in [0.05, 0.1) is 22.3 Å². The lowest BCUT2D eigenvalue weighted by atomic mass is 10.1. The third-order valence-corrected chi connectivity index (χ3v) is 7.20. The molecule has 1 aliphatic rings. The van der Waals surface area contributed by atoms with E-state index in [0.29, 0.717) is 52.9 Å². The largest absolute Gasteiger partial charge is 0.418 e. The summed E-state index contributed by atoms with van der Waals surface area (Å²) in [6.07, 6.45) is -2.71. The van der Waals surface area contributed by atoms with Gasteiger partial charge in [-0.25, -0.2) is 0 Å². The third kappa shape index (κ3) is 5.44. The second-order valence-electron chi connectivity index (χ2n) is 9.85. The van der Waals surface area contributed by atoms with Gasteiger partial charge in [-0.05, 0) is 56.6 Å². The summed E-state index contributed by atoms with van der Waals surface area (Å²) in [5.74, 6) is -0.00751. The van der Waals surface area contributed by atoms with Gasteiger partial charge < -0.3 is 14.7 Å². The first-order valence-corrected chi connectivity index (χ1v) is 12.9. The van der Waals surface area contributed by atoms with Gasteiger partial charge >= 0.3 is 6.18 Å². The lowest BCUT2D eigenvalue weighted by Crippen LogP contribution is -2.49. The first kappa shape index (κ1) is 27.0. The maximum Gasteiger partial charge on any atom is 0.418 e. The zero-order valence-electron chi connectivity index (χ0n) is 21.5. The smallest absolute Gasteiger partial charge is 0.367 e. The van der Waals surface area contributed by atoms with Crippen LogP contribution in [0.5, 0.6) is 0 Å². The topological polar surface area (TPSA) is 61.7 Å². The molecule has 0 aliphatic carbocycles. The minimum absolute atomic E-state index is 0.00751. The fraction of sp³-hybridized carbons (Fsp3) is 0.321. The molecule has 1 amide bonds. The Kier molecular flexibility index (Phi) is 7.26. The second kappa shape index (κ2) is 10.5. The van der Waals surface area contributed by atoms with E-state index in [-0.39, 0.29) is 30.4 Å². The van der Waals surface area contributed by atoms with Crippen LogP contribution in [0.15, 0.2) is 59.5 Å². The Balaban J connectivity index is 1.54. The molecule has 4 aromatic rings. The molecule has 1 fully saturated rings. The van der Waals surface area contributed by atoms with Crippen molar-refractivity contribution in [3.63, 3.8) is 0 Å². The molecular formula is C28H27ClF3N5O2. The summed E-state index contributed by atoms with van der Waals surface area (Å²) in [7, 11) is 3.77. The molecule has 0 bridgehead atoms. The molecule has 0 unspecified atom stereocenters. The second-order valence-corrected chi connectivity index (χ2v) is 10.3. The Labute approximate surface area is 228 Å². The van der Waals surface area contributed by atoms with Crippen molar-refractivity contribution in [1.82, 2.24) is 19.4 Å². The van der Waals surface area contributed by atoms with Gasteiger partial charge in [-0.1, -0.05) is 11.6 Å². The van der Waals surface area contributed by atoms with Crippen molar-refractivity contribution in [1.29, 1.82) is 0 Å². The van der Waals surface area contributed by atoms with E-state index in [1.807, 2.05) is 19.0 Å². The molecule has 0 atom stereocenters. The highest BCUT2D eigenvalue weighted by molar-refractivity contribution is 6.31. The van der Waals surface area contributed by atoms with E-state index >= 15 is 0 Å². The van der Waals surface area contributed by atoms with E-state index in [0.717, 1.165) is 6.07 Å². The number of fused-ring (bicyclic) bond motifs is 3. The van der Waals surface area contributed by atoms with Crippen molar-refractivity contribution >= 4 is 45.0 Å². The number of halogens is 4. The van der Waals surface area contributed by atoms with E-state index in [1.165, 1.54) is 22.8 Å². The number of nitrogens with zero attached hydrogens (tertiary/aromatic N) is 5. The first-order valence-electron chi connectivity index (χ1n) is 12.5. The van der Waals surface area contributed by atoms with Gasteiger partial charge in [-0.2, -0.15) is 13.2 Å². The minimum atomic E-state index is -4.66.